The highest BCUT2D eigenvalue weighted by atomic mass is 35.5. The zero-order valence-corrected chi connectivity index (χ0v) is 22.3. The highest BCUT2D eigenvalue weighted by Gasteiger charge is 2.31. The first-order valence-corrected chi connectivity index (χ1v) is 12.3. The number of aliphatic hydroxyl groups is 1. The molecule has 0 saturated heterocycles. The average molecular weight is 573 g/mol. The molecule has 2 heterocycles. The van der Waals surface area contributed by atoms with Crippen LogP contribution in [0.5, 0.6) is 17.5 Å². The van der Waals surface area contributed by atoms with Gasteiger partial charge in [0.25, 0.3) is 5.56 Å². The Kier molecular flexibility index (Phi) is 10.0. The zero-order chi connectivity index (χ0) is 28.7. The lowest BCUT2D eigenvalue weighted by Gasteiger charge is -2.13. The van der Waals surface area contributed by atoms with Crippen LogP contribution in [0.1, 0.15) is 20.3 Å². The van der Waals surface area contributed by atoms with Gasteiger partial charge in [-0.3, -0.25) is 18.5 Å². The number of allylic oxidation sites excluding steroid dienone is 4. The molecule has 0 aliphatic rings. The van der Waals surface area contributed by atoms with E-state index in [1.165, 1.54) is 28.3 Å². The van der Waals surface area contributed by atoms with E-state index in [0.29, 0.717) is 11.5 Å². The van der Waals surface area contributed by atoms with E-state index in [4.69, 9.17) is 26.2 Å². The SMILES string of the molecule is CC/C(=C\C=C(/C)Cl)Cn1c(Oc2cccc(OC(F)(F)F)c2)nc2c1c(=O)n(C)c(=O)n2CCOCCO. The fourth-order valence-electron chi connectivity index (χ4n) is 3.64. The summed E-state index contributed by atoms with van der Waals surface area (Å²) in [5, 5.41) is 9.49. The minimum Gasteiger partial charge on any atom is -0.425 e. The fraction of sp³-hybridized carbons (Fsp3) is 0.400. The molecule has 0 unspecified atom stereocenters. The van der Waals surface area contributed by atoms with Gasteiger partial charge in [0.1, 0.15) is 11.5 Å². The first kappa shape index (κ1) is 30.0. The number of imidazole rings is 1. The average Bonchev–Trinajstić information content (AvgIpc) is 3.21. The Morgan fingerprint density at radius 2 is 1.87 bits per heavy atom. The molecule has 0 radical (unpaired) electrons. The summed E-state index contributed by atoms with van der Waals surface area (Å²) in [6, 6.07) is 4.72. The predicted molar refractivity (Wildman–Crippen MR) is 138 cm³/mol. The molecule has 14 heteroatoms. The third-order valence-corrected chi connectivity index (χ3v) is 5.63. The monoisotopic (exact) mass is 572 g/mol. The number of hydrogen-bond acceptors (Lipinski definition) is 7. The Morgan fingerprint density at radius 1 is 1.15 bits per heavy atom. The molecule has 0 spiro atoms. The van der Waals surface area contributed by atoms with Crippen LogP contribution in [0.3, 0.4) is 0 Å². The maximum atomic E-state index is 13.3. The Labute approximate surface area is 226 Å². The van der Waals surface area contributed by atoms with Gasteiger partial charge in [-0.15, -0.1) is 13.2 Å². The highest BCUT2D eigenvalue weighted by Crippen LogP contribution is 2.30. The van der Waals surface area contributed by atoms with Gasteiger partial charge in [-0.25, -0.2) is 4.79 Å². The van der Waals surface area contributed by atoms with Crippen molar-refractivity contribution in [1.82, 2.24) is 18.7 Å². The van der Waals surface area contributed by atoms with Crippen LogP contribution in [0, 0.1) is 0 Å². The molecule has 2 aromatic heterocycles. The topological polar surface area (TPSA) is 110 Å². The summed E-state index contributed by atoms with van der Waals surface area (Å²) in [5.74, 6) is -0.544. The van der Waals surface area contributed by atoms with Gasteiger partial charge in [0.15, 0.2) is 11.2 Å². The molecular formula is C25H28ClF3N4O6. The van der Waals surface area contributed by atoms with E-state index >= 15 is 0 Å². The van der Waals surface area contributed by atoms with E-state index in [2.05, 4.69) is 9.72 Å². The van der Waals surface area contributed by atoms with Gasteiger partial charge in [-0.2, -0.15) is 4.98 Å². The van der Waals surface area contributed by atoms with Gasteiger partial charge in [0.2, 0.25) is 0 Å². The Bertz CT molecular complexity index is 1490. The van der Waals surface area contributed by atoms with Crippen molar-refractivity contribution in [2.45, 2.75) is 39.7 Å². The number of alkyl halides is 3. The predicted octanol–water partition coefficient (Wildman–Crippen LogP) is 4.08. The summed E-state index contributed by atoms with van der Waals surface area (Å²) in [4.78, 5) is 30.6. The lowest BCUT2D eigenvalue weighted by molar-refractivity contribution is -0.274. The summed E-state index contributed by atoms with van der Waals surface area (Å²) in [6.45, 7) is 3.62. The quantitative estimate of drug-likeness (QED) is 0.257. The van der Waals surface area contributed by atoms with E-state index in [1.807, 2.05) is 6.92 Å². The summed E-state index contributed by atoms with van der Waals surface area (Å²) in [6.07, 6.45) is -0.881. The number of fused-ring (bicyclic) bond motifs is 1. The largest absolute Gasteiger partial charge is 0.573 e. The number of aromatic nitrogens is 4. The molecule has 39 heavy (non-hydrogen) atoms. The maximum absolute atomic E-state index is 13.3. The number of rotatable bonds is 12. The van der Waals surface area contributed by atoms with Crippen LogP contribution in [-0.4, -0.2) is 50.0 Å². The van der Waals surface area contributed by atoms with Crippen LogP contribution in [0.15, 0.2) is 56.6 Å². The molecule has 0 amide bonds. The van der Waals surface area contributed by atoms with Crippen molar-refractivity contribution in [2.24, 2.45) is 7.05 Å². The second-order valence-electron chi connectivity index (χ2n) is 8.34. The van der Waals surface area contributed by atoms with E-state index in [9.17, 15) is 22.8 Å². The molecule has 3 rings (SSSR count). The van der Waals surface area contributed by atoms with Gasteiger partial charge in [0, 0.05) is 24.7 Å². The number of hydrogen-bond donors (Lipinski definition) is 1. The minimum atomic E-state index is -4.90. The van der Waals surface area contributed by atoms with Crippen LogP contribution in [-0.2, 0) is 24.9 Å². The summed E-state index contributed by atoms with van der Waals surface area (Å²) in [7, 11) is 1.32. The van der Waals surface area contributed by atoms with E-state index in [-0.39, 0.29) is 55.8 Å². The molecule has 1 aromatic carbocycles. The number of halogens is 4. The Morgan fingerprint density at radius 3 is 2.51 bits per heavy atom. The van der Waals surface area contributed by atoms with Crippen molar-refractivity contribution in [1.29, 1.82) is 0 Å². The Balaban J connectivity index is 2.20. The molecule has 0 bridgehead atoms. The lowest BCUT2D eigenvalue weighted by atomic mass is 10.2. The molecule has 212 valence electrons. The summed E-state index contributed by atoms with van der Waals surface area (Å²) < 4.78 is 56.9. The smallest absolute Gasteiger partial charge is 0.425 e. The van der Waals surface area contributed by atoms with Crippen LogP contribution in [0.4, 0.5) is 13.2 Å². The Hall–Kier alpha value is -3.55. The van der Waals surface area contributed by atoms with E-state index < -0.39 is 23.4 Å². The van der Waals surface area contributed by atoms with Crippen LogP contribution >= 0.6 is 11.6 Å². The molecule has 0 atom stereocenters. The van der Waals surface area contributed by atoms with Crippen molar-refractivity contribution in [3.8, 4) is 17.5 Å². The normalized spacial score (nSPS) is 12.8. The van der Waals surface area contributed by atoms with Crippen LogP contribution < -0.4 is 20.7 Å². The van der Waals surface area contributed by atoms with Gasteiger partial charge in [0.05, 0.1) is 26.4 Å². The second-order valence-corrected chi connectivity index (χ2v) is 8.94. The summed E-state index contributed by atoms with van der Waals surface area (Å²) in [5.41, 5.74) is -0.419. The van der Waals surface area contributed by atoms with Crippen molar-refractivity contribution in [3.63, 3.8) is 0 Å². The first-order chi connectivity index (χ1) is 18.4. The first-order valence-electron chi connectivity index (χ1n) is 11.9. The van der Waals surface area contributed by atoms with Crippen molar-refractivity contribution >= 4 is 22.8 Å². The maximum Gasteiger partial charge on any atom is 0.573 e. The molecule has 1 N–H and O–H groups in total. The molecule has 3 aromatic rings. The van der Waals surface area contributed by atoms with Crippen molar-refractivity contribution in [3.05, 3.63) is 67.9 Å². The molecular weight excluding hydrogens is 545 g/mol. The molecule has 0 saturated carbocycles. The fourth-order valence-corrected chi connectivity index (χ4v) is 3.71. The number of benzene rings is 1. The summed E-state index contributed by atoms with van der Waals surface area (Å²) >= 11 is 5.97. The van der Waals surface area contributed by atoms with Gasteiger partial charge < -0.3 is 19.3 Å². The lowest BCUT2D eigenvalue weighted by Crippen LogP contribution is -2.39. The van der Waals surface area contributed by atoms with Crippen molar-refractivity contribution < 1.29 is 32.5 Å². The highest BCUT2D eigenvalue weighted by molar-refractivity contribution is 6.29. The molecule has 0 aliphatic heterocycles. The van der Waals surface area contributed by atoms with E-state index in [0.717, 1.165) is 22.3 Å². The van der Waals surface area contributed by atoms with Gasteiger partial charge in [-0.05, 0) is 31.6 Å². The molecule has 0 aliphatic carbocycles. The van der Waals surface area contributed by atoms with E-state index in [1.54, 1.807) is 19.1 Å². The minimum absolute atomic E-state index is 0.00733. The number of aliphatic hydroxyl groups excluding tert-OH is 1. The molecule has 0 fully saturated rings. The van der Waals surface area contributed by atoms with Gasteiger partial charge >= 0.3 is 18.1 Å². The number of ether oxygens (including phenoxy) is 3. The number of nitrogens with zero attached hydrogens (tertiary/aromatic N) is 4. The van der Waals surface area contributed by atoms with Crippen molar-refractivity contribution in [2.75, 3.05) is 19.8 Å². The zero-order valence-electron chi connectivity index (χ0n) is 21.5. The third-order valence-electron chi connectivity index (χ3n) is 5.50. The van der Waals surface area contributed by atoms with Crippen LogP contribution in [0.25, 0.3) is 11.2 Å². The second kappa shape index (κ2) is 13.0. The van der Waals surface area contributed by atoms with Gasteiger partial charge in [-0.1, -0.05) is 36.2 Å². The molecule has 10 nitrogen and oxygen atoms in total. The third kappa shape index (κ3) is 7.74. The van der Waals surface area contributed by atoms with Crippen LogP contribution in [0.2, 0.25) is 0 Å². The standard InChI is InChI=1S/C25H28ClF3N4O6/c1-4-17(9-8-16(2)26)15-33-20-21(32(10-12-37-13-11-34)24(36)31(3)22(20)35)30-23(33)38-18-6-5-7-19(14-18)39-25(27,28)29/h5-9,14,34H,4,10-13,15H2,1-3H3/b16-8+,17-9+.